The summed E-state index contributed by atoms with van der Waals surface area (Å²) in [6, 6.07) is 7.96. The van der Waals surface area contributed by atoms with E-state index in [9.17, 15) is 22.8 Å². The summed E-state index contributed by atoms with van der Waals surface area (Å²) in [7, 11) is 1.62. The van der Waals surface area contributed by atoms with Crippen LogP contribution in [0.3, 0.4) is 0 Å². The first-order chi connectivity index (χ1) is 19.3. The van der Waals surface area contributed by atoms with Crippen LogP contribution in [0.2, 0.25) is 0 Å². The number of piperazine rings is 1. The molecule has 0 saturated carbocycles. The number of benzene rings is 1. The molecule has 8 nitrogen and oxygen atoms in total. The first-order valence-corrected chi connectivity index (χ1v) is 13.4. The highest BCUT2D eigenvalue weighted by Crippen LogP contribution is 2.35. The molecule has 2 aliphatic rings. The number of aromatic nitrogens is 1. The molecule has 0 N–H and O–H groups in total. The molecule has 0 aliphatic carbocycles. The molecule has 216 valence electrons. The molecule has 3 heterocycles. The van der Waals surface area contributed by atoms with Crippen molar-refractivity contribution in [1.82, 2.24) is 14.8 Å². The number of amides is 2. The van der Waals surface area contributed by atoms with Crippen LogP contribution in [0.1, 0.15) is 35.2 Å². The number of anilines is 1. The van der Waals surface area contributed by atoms with Crippen molar-refractivity contribution in [2.45, 2.75) is 31.5 Å². The fourth-order valence-electron chi connectivity index (χ4n) is 5.50. The smallest absolute Gasteiger partial charge is 0.417 e. The molecule has 0 radical (unpaired) electrons. The molecule has 0 spiro atoms. The predicted octanol–water partition coefficient (Wildman–Crippen LogP) is 4.27. The summed E-state index contributed by atoms with van der Waals surface area (Å²) in [4.78, 5) is 36.3. The van der Waals surface area contributed by atoms with E-state index in [0.29, 0.717) is 58.7 Å². The van der Waals surface area contributed by atoms with Crippen molar-refractivity contribution in [3.05, 3.63) is 66.5 Å². The van der Waals surface area contributed by atoms with Gasteiger partial charge >= 0.3 is 6.18 Å². The molecule has 11 heteroatoms. The minimum Gasteiger partial charge on any atom is -0.489 e. The van der Waals surface area contributed by atoms with E-state index >= 15 is 0 Å². The normalized spacial score (nSPS) is 19.9. The molecule has 2 atom stereocenters. The molecule has 2 aromatic rings. The molecule has 2 fully saturated rings. The number of nitrogens with zero attached hydrogens (tertiary/aromatic N) is 4. The number of rotatable bonds is 9. The van der Waals surface area contributed by atoms with Gasteiger partial charge in [-0.15, -0.1) is 6.58 Å². The second-order valence-corrected chi connectivity index (χ2v) is 9.88. The Morgan fingerprint density at radius 2 is 1.85 bits per heavy atom. The van der Waals surface area contributed by atoms with E-state index in [4.69, 9.17) is 9.47 Å². The molecule has 2 saturated heterocycles. The van der Waals surface area contributed by atoms with E-state index in [1.165, 1.54) is 4.90 Å². The van der Waals surface area contributed by atoms with Crippen LogP contribution in [0.4, 0.5) is 18.9 Å². The highest BCUT2D eigenvalue weighted by molar-refractivity contribution is 5.96. The maximum absolute atomic E-state index is 13.8. The number of ether oxygens (including phenoxy) is 2. The summed E-state index contributed by atoms with van der Waals surface area (Å²) < 4.78 is 51.8. The number of carbonyl (C=O) groups is 2. The van der Waals surface area contributed by atoms with Gasteiger partial charge in [0.15, 0.2) is 0 Å². The second-order valence-electron chi connectivity index (χ2n) is 9.88. The summed E-state index contributed by atoms with van der Waals surface area (Å²) in [5, 5.41) is 0. The Hall–Kier alpha value is -3.60. The molecular weight excluding hydrogens is 525 g/mol. The molecule has 0 bridgehead atoms. The number of para-hydroxylation sites is 2. The van der Waals surface area contributed by atoms with Crippen LogP contribution >= 0.6 is 0 Å². The van der Waals surface area contributed by atoms with Gasteiger partial charge in [-0.1, -0.05) is 18.2 Å². The van der Waals surface area contributed by atoms with Gasteiger partial charge in [0.05, 0.1) is 29.3 Å². The van der Waals surface area contributed by atoms with Crippen LogP contribution in [0.25, 0.3) is 0 Å². The number of hydrogen-bond donors (Lipinski definition) is 0. The van der Waals surface area contributed by atoms with Crippen molar-refractivity contribution in [3.8, 4) is 5.75 Å². The van der Waals surface area contributed by atoms with Crippen molar-refractivity contribution in [1.29, 1.82) is 0 Å². The molecule has 2 unspecified atom stereocenters. The minimum atomic E-state index is -4.69. The molecule has 1 aromatic heterocycles. The Balaban J connectivity index is 1.47. The number of methoxy groups -OCH3 is 1. The first kappa shape index (κ1) is 29.4. The lowest BCUT2D eigenvalue weighted by Gasteiger charge is -2.44. The van der Waals surface area contributed by atoms with Gasteiger partial charge in [-0.2, -0.15) is 13.2 Å². The van der Waals surface area contributed by atoms with Gasteiger partial charge in [0, 0.05) is 58.3 Å². The van der Waals surface area contributed by atoms with E-state index in [0.717, 1.165) is 29.9 Å². The van der Waals surface area contributed by atoms with E-state index < -0.39 is 35.2 Å². The average Bonchev–Trinajstić information content (AvgIpc) is 2.97. The maximum Gasteiger partial charge on any atom is 0.417 e. The van der Waals surface area contributed by atoms with E-state index in [1.54, 1.807) is 18.1 Å². The lowest BCUT2D eigenvalue weighted by molar-refractivity contribution is -0.140. The third-order valence-corrected chi connectivity index (χ3v) is 7.46. The van der Waals surface area contributed by atoms with Gasteiger partial charge in [0.25, 0.3) is 5.91 Å². The van der Waals surface area contributed by atoms with Crippen LogP contribution in [-0.2, 0) is 15.7 Å². The third kappa shape index (κ3) is 6.57. The zero-order valence-electron chi connectivity index (χ0n) is 22.6. The van der Waals surface area contributed by atoms with Gasteiger partial charge in [-0.3, -0.25) is 14.6 Å². The van der Waals surface area contributed by atoms with Crippen LogP contribution in [0, 0.1) is 5.92 Å². The molecule has 2 aliphatic heterocycles. The zero-order chi connectivity index (χ0) is 28.7. The minimum absolute atomic E-state index is 0.0872. The summed E-state index contributed by atoms with van der Waals surface area (Å²) in [5.74, 6) is -0.631. The number of halogens is 3. The fraction of sp³-hybridized carbons (Fsp3) is 0.483. The third-order valence-electron chi connectivity index (χ3n) is 7.46. The Labute approximate surface area is 232 Å². The van der Waals surface area contributed by atoms with E-state index in [-0.39, 0.29) is 12.5 Å². The van der Waals surface area contributed by atoms with Gasteiger partial charge < -0.3 is 24.2 Å². The van der Waals surface area contributed by atoms with E-state index in [2.05, 4.69) is 16.5 Å². The monoisotopic (exact) mass is 560 g/mol. The van der Waals surface area contributed by atoms with Gasteiger partial charge in [0.1, 0.15) is 12.4 Å². The van der Waals surface area contributed by atoms with Crippen LogP contribution in [0.15, 0.2) is 55.4 Å². The van der Waals surface area contributed by atoms with Crippen LogP contribution < -0.4 is 9.64 Å². The highest BCUT2D eigenvalue weighted by atomic mass is 19.4. The number of piperidine rings is 1. The first-order valence-electron chi connectivity index (χ1n) is 13.4. The predicted molar refractivity (Wildman–Crippen MR) is 144 cm³/mol. The Morgan fingerprint density at radius 3 is 2.55 bits per heavy atom. The van der Waals surface area contributed by atoms with Crippen molar-refractivity contribution in [2.75, 3.05) is 57.9 Å². The number of likely N-dealkylation sites (tertiary alicyclic amines) is 1. The second kappa shape index (κ2) is 13.2. The van der Waals surface area contributed by atoms with Gasteiger partial charge in [-0.25, -0.2) is 0 Å². The van der Waals surface area contributed by atoms with Crippen molar-refractivity contribution >= 4 is 17.5 Å². The Morgan fingerprint density at radius 1 is 1.10 bits per heavy atom. The molecule has 2 amide bonds. The average molecular weight is 561 g/mol. The Bertz CT molecular complexity index is 1180. The summed E-state index contributed by atoms with van der Waals surface area (Å²) >= 11 is 0. The van der Waals surface area contributed by atoms with Gasteiger partial charge in [-0.05, 0) is 37.5 Å². The van der Waals surface area contributed by atoms with Crippen molar-refractivity contribution in [2.24, 2.45) is 5.92 Å². The number of hydrogen-bond acceptors (Lipinski definition) is 6. The maximum atomic E-state index is 13.8. The van der Waals surface area contributed by atoms with Crippen LogP contribution in [-0.4, -0.2) is 85.7 Å². The van der Waals surface area contributed by atoms with Crippen molar-refractivity contribution in [3.63, 3.8) is 0 Å². The van der Waals surface area contributed by atoms with Crippen LogP contribution in [0.5, 0.6) is 5.75 Å². The highest BCUT2D eigenvalue weighted by Gasteiger charge is 2.42. The number of alkyl halides is 3. The lowest BCUT2D eigenvalue weighted by Crippen LogP contribution is -2.56. The number of carbonyl (C=O) groups excluding carboxylic acids is 2. The molecule has 40 heavy (non-hydrogen) atoms. The van der Waals surface area contributed by atoms with Gasteiger partial charge in [0.2, 0.25) is 5.91 Å². The molecule has 4 rings (SSSR count). The van der Waals surface area contributed by atoms with E-state index in [1.807, 2.05) is 24.3 Å². The Kier molecular flexibility index (Phi) is 9.67. The standard InChI is InChI=1S/C29H35F3N4O4/c1-3-7-24-21(8-6-13-36(24)28(38)22-20-33-12-11-23(22)29(30,31)32)27(37)35-16-14-34(15-17-35)25-9-4-5-10-26(25)40-19-18-39-2/h3-5,9-12,20-21,24H,1,6-8,13-19H2,2H3. The topological polar surface area (TPSA) is 75.2 Å². The molecule has 1 aromatic carbocycles. The summed E-state index contributed by atoms with van der Waals surface area (Å²) in [6.07, 6.45) is 0.268. The molecular formula is C29H35F3N4O4. The fourth-order valence-corrected chi connectivity index (χ4v) is 5.50. The zero-order valence-corrected chi connectivity index (χ0v) is 22.6. The quantitative estimate of drug-likeness (QED) is 0.337. The largest absolute Gasteiger partial charge is 0.489 e. The lowest BCUT2D eigenvalue weighted by atomic mass is 9.85. The number of pyridine rings is 1. The summed E-state index contributed by atoms with van der Waals surface area (Å²) in [6.45, 7) is 7.11. The summed E-state index contributed by atoms with van der Waals surface area (Å²) in [5.41, 5.74) is -0.584. The van der Waals surface area contributed by atoms with Crippen molar-refractivity contribution < 1.29 is 32.2 Å². The SMILES string of the molecule is C=CCC1C(C(=O)N2CCN(c3ccccc3OCCOC)CC2)CCCN1C(=O)c1cnccc1C(F)(F)F.